The van der Waals surface area contributed by atoms with Crippen molar-refractivity contribution in [2.45, 2.75) is 69.4 Å². The van der Waals surface area contributed by atoms with Crippen molar-refractivity contribution in [1.29, 1.82) is 0 Å². The maximum atomic E-state index is 13.3. The third-order valence-corrected chi connectivity index (χ3v) is 9.04. The van der Waals surface area contributed by atoms with Crippen LogP contribution < -0.4 is 10.9 Å². The van der Waals surface area contributed by atoms with Crippen LogP contribution in [0, 0.1) is 0 Å². The summed E-state index contributed by atoms with van der Waals surface area (Å²) < 4.78 is 28.2. The second-order valence-electron chi connectivity index (χ2n) is 9.35. The highest BCUT2D eigenvalue weighted by molar-refractivity contribution is 7.89. The Morgan fingerprint density at radius 3 is 2.52 bits per heavy atom. The number of fused-ring (bicyclic) bond motifs is 1. The van der Waals surface area contributed by atoms with Crippen LogP contribution in [0.2, 0.25) is 0 Å². The van der Waals surface area contributed by atoms with Crippen LogP contribution in [0.4, 0.5) is 0 Å². The van der Waals surface area contributed by atoms with Crippen LogP contribution in [0.3, 0.4) is 0 Å². The molecule has 0 unspecified atom stereocenters. The summed E-state index contributed by atoms with van der Waals surface area (Å²) in [6.45, 7) is 6.88. The summed E-state index contributed by atoms with van der Waals surface area (Å²) >= 11 is 0. The number of aromatic amines is 1. The van der Waals surface area contributed by atoms with Crippen LogP contribution in [0.15, 0.2) is 34.0 Å². The van der Waals surface area contributed by atoms with E-state index in [2.05, 4.69) is 22.1 Å². The van der Waals surface area contributed by atoms with Gasteiger partial charge in [0.1, 0.15) is 0 Å². The Bertz CT molecular complexity index is 1180. The number of amides is 1. The molecule has 2 aliphatic heterocycles. The molecule has 2 N–H and O–H groups in total. The van der Waals surface area contributed by atoms with E-state index in [0.717, 1.165) is 32.4 Å². The van der Waals surface area contributed by atoms with Crippen molar-refractivity contribution in [2.24, 2.45) is 0 Å². The summed E-state index contributed by atoms with van der Waals surface area (Å²) in [5.74, 6) is -0.364. The average molecular weight is 475 g/mol. The van der Waals surface area contributed by atoms with Crippen LogP contribution in [0.25, 0.3) is 10.9 Å². The number of pyridine rings is 1. The molecule has 2 aliphatic rings. The Labute approximate surface area is 195 Å². The summed E-state index contributed by atoms with van der Waals surface area (Å²) in [4.78, 5) is 30.4. The summed E-state index contributed by atoms with van der Waals surface area (Å²) in [6.07, 6.45) is 6.28. The first-order chi connectivity index (χ1) is 15.8. The molecule has 0 radical (unpaired) electrons. The first-order valence-corrected chi connectivity index (χ1v) is 13.4. The molecule has 3 heterocycles. The van der Waals surface area contributed by atoms with Gasteiger partial charge < -0.3 is 10.3 Å². The number of carbonyl (C=O) groups is 1. The fourth-order valence-electron chi connectivity index (χ4n) is 5.04. The van der Waals surface area contributed by atoms with Gasteiger partial charge in [0.05, 0.1) is 10.5 Å². The first kappa shape index (κ1) is 23.9. The molecule has 1 amide bonds. The Morgan fingerprint density at radius 2 is 1.79 bits per heavy atom. The molecule has 9 heteroatoms. The number of sulfonamides is 1. The highest BCUT2D eigenvalue weighted by Gasteiger charge is 2.31. The molecule has 1 aromatic heterocycles. The fourth-order valence-corrected chi connectivity index (χ4v) is 6.77. The highest BCUT2D eigenvalue weighted by atomic mass is 32.2. The Morgan fingerprint density at radius 1 is 1.06 bits per heavy atom. The fraction of sp³-hybridized carbons (Fsp3) is 0.583. The van der Waals surface area contributed by atoms with Gasteiger partial charge in [-0.1, -0.05) is 12.8 Å². The lowest BCUT2D eigenvalue weighted by Crippen LogP contribution is -2.42. The molecule has 2 atom stereocenters. The third kappa shape index (κ3) is 5.15. The molecule has 8 nitrogen and oxygen atoms in total. The third-order valence-electron chi connectivity index (χ3n) is 7.03. The number of H-pyrrole nitrogens is 1. The summed E-state index contributed by atoms with van der Waals surface area (Å²) in [7, 11) is -3.69. The maximum Gasteiger partial charge on any atom is 0.252 e. The second kappa shape index (κ2) is 9.95. The van der Waals surface area contributed by atoms with Gasteiger partial charge in [0, 0.05) is 48.7 Å². The van der Waals surface area contributed by atoms with Gasteiger partial charge in [-0.3, -0.25) is 14.5 Å². The zero-order valence-corrected chi connectivity index (χ0v) is 20.3. The molecule has 1 aromatic carbocycles. The van der Waals surface area contributed by atoms with E-state index in [1.165, 1.54) is 37.5 Å². The Kier molecular flexibility index (Phi) is 7.21. The normalized spacial score (nSPS) is 23.0. The molecule has 33 heavy (non-hydrogen) atoms. The molecule has 2 aromatic rings. The largest absolute Gasteiger partial charge is 0.351 e. The number of likely N-dealkylation sites (tertiary alicyclic amines) is 1. The number of piperidine rings is 2. The number of benzene rings is 1. The van der Waals surface area contributed by atoms with Crippen molar-refractivity contribution < 1.29 is 13.2 Å². The number of hydrogen-bond acceptors (Lipinski definition) is 5. The smallest absolute Gasteiger partial charge is 0.252 e. The lowest BCUT2D eigenvalue weighted by molar-refractivity contribution is 0.0940. The molecule has 2 fully saturated rings. The summed E-state index contributed by atoms with van der Waals surface area (Å²) in [6, 6.07) is 6.29. The van der Waals surface area contributed by atoms with Gasteiger partial charge in [0.2, 0.25) is 15.6 Å². The van der Waals surface area contributed by atoms with Crippen molar-refractivity contribution in [3.05, 3.63) is 40.2 Å². The van der Waals surface area contributed by atoms with Gasteiger partial charge >= 0.3 is 0 Å². The zero-order chi connectivity index (χ0) is 23.6. The molecule has 180 valence electrons. The second-order valence-corrected chi connectivity index (χ2v) is 11.2. The summed E-state index contributed by atoms with van der Waals surface area (Å²) in [5.41, 5.74) is 0.254. The molecule has 4 rings (SSSR count). The molecule has 0 bridgehead atoms. The van der Waals surface area contributed by atoms with E-state index < -0.39 is 15.6 Å². The van der Waals surface area contributed by atoms with E-state index in [1.807, 2.05) is 6.92 Å². The van der Waals surface area contributed by atoms with Crippen molar-refractivity contribution in [3.8, 4) is 0 Å². The SMILES string of the molecule is C[C@@H]1CCCCN1CCNC(=O)c1cc(=O)[nH]c2ccc(S(=O)(=O)N3CCCC[C@H]3C)cc12. The van der Waals surface area contributed by atoms with Gasteiger partial charge in [-0.25, -0.2) is 8.42 Å². The molecule has 0 saturated carbocycles. The van der Waals surface area contributed by atoms with Gasteiger partial charge in [-0.2, -0.15) is 4.31 Å². The van der Waals surface area contributed by atoms with Crippen LogP contribution in [0.1, 0.15) is 62.7 Å². The van der Waals surface area contributed by atoms with Crippen LogP contribution in [-0.4, -0.2) is 66.8 Å². The van der Waals surface area contributed by atoms with E-state index in [0.29, 0.717) is 30.0 Å². The lowest BCUT2D eigenvalue weighted by Gasteiger charge is -2.33. The van der Waals surface area contributed by atoms with Gasteiger partial charge in [-0.15, -0.1) is 0 Å². The first-order valence-electron chi connectivity index (χ1n) is 12.0. The number of nitrogens with one attached hydrogen (secondary N) is 2. The molecule has 2 saturated heterocycles. The van der Waals surface area contributed by atoms with Crippen molar-refractivity contribution >= 4 is 26.8 Å². The molecular formula is C24H34N4O4S. The standard InChI is InChI=1S/C24H34N4O4S/c1-17-7-3-5-12-27(17)14-11-25-24(30)21-16-23(29)26-22-10-9-19(15-20(21)22)33(31,32)28-13-6-4-8-18(28)2/h9-10,15-18H,3-8,11-14H2,1-2H3,(H,25,30)(H,26,29)/t17-,18-/m1/s1. The van der Waals surface area contributed by atoms with Crippen molar-refractivity contribution in [1.82, 2.24) is 19.5 Å². The number of aromatic nitrogens is 1. The van der Waals surface area contributed by atoms with E-state index >= 15 is 0 Å². The number of carbonyl (C=O) groups excluding carboxylic acids is 1. The topological polar surface area (TPSA) is 103 Å². The van der Waals surface area contributed by atoms with Crippen LogP contribution >= 0.6 is 0 Å². The molecule has 0 spiro atoms. The van der Waals surface area contributed by atoms with E-state index in [4.69, 9.17) is 0 Å². The minimum atomic E-state index is -3.69. The quantitative estimate of drug-likeness (QED) is 0.670. The number of rotatable bonds is 6. The van der Waals surface area contributed by atoms with Crippen molar-refractivity contribution in [3.63, 3.8) is 0 Å². The predicted octanol–water partition coefficient (Wildman–Crippen LogP) is 2.70. The predicted molar refractivity (Wildman–Crippen MR) is 129 cm³/mol. The van der Waals surface area contributed by atoms with Gasteiger partial charge in [0.15, 0.2) is 0 Å². The Hall–Kier alpha value is -2.23. The Balaban J connectivity index is 1.58. The monoisotopic (exact) mass is 474 g/mol. The van der Waals surface area contributed by atoms with Crippen LogP contribution in [0.5, 0.6) is 0 Å². The van der Waals surface area contributed by atoms with Gasteiger partial charge in [-0.05, 0) is 64.3 Å². The molecular weight excluding hydrogens is 440 g/mol. The summed E-state index contributed by atoms with van der Waals surface area (Å²) in [5, 5.41) is 3.36. The van der Waals surface area contributed by atoms with E-state index in [1.54, 1.807) is 10.4 Å². The van der Waals surface area contributed by atoms with Gasteiger partial charge in [0.25, 0.3) is 5.91 Å². The average Bonchev–Trinajstić information content (AvgIpc) is 2.79. The van der Waals surface area contributed by atoms with E-state index in [-0.39, 0.29) is 22.4 Å². The minimum Gasteiger partial charge on any atom is -0.351 e. The van der Waals surface area contributed by atoms with Crippen molar-refractivity contribution in [2.75, 3.05) is 26.2 Å². The number of hydrogen-bond donors (Lipinski definition) is 2. The maximum absolute atomic E-state index is 13.3. The minimum absolute atomic E-state index is 0.0602. The zero-order valence-electron chi connectivity index (χ0n) is 19.5. The molecule has 0 aliphatic carbocycles. The number of nitrogens with zero attached hydrogens (tertiary/aromatic N) is 2. The lowest BCUT2D eigenvalue weighted by atomic mass is 10.0. The van der Waals surface area contributed by atoms with E-state index in [9.17, 15) is 18.0 Å². The highest BCUT2D eigenvalue weighted by Crippen LogP contribution is 2.27. The van der Waals surface area contributed by atoms with Crippen LogP contribution in [-0.2, 0) is 10.0 Å².